The van der Waals surface area contributed by atoms with Crippen LogP contribution in [0.2, 0.25) is 0 Å². The molecule has 5 nitrogen and oxygen atoms in total. The van der Waals surface area contributed by atoms with Gasteiger partial charge in [-0.3, -0.25) is 4.99 Å². The van der Waals surface area contributed by atoms with E-state index < -0.39 is 0 Å². The summed E-state index contributed by atoms with van der Waals surface area (Å²) >= 11 is 0. The van der Waals surface area contributed by atoms with E-state index in [1.165, 1.54) is 32.5 Å². The molecule has 0 spiro atoms. The number of methoxy groups -OCH3 is 1. The first-order valence-corrected chi connectivity index (χ1v) is 7.53. The van der Waals surface area contributed by atoms with E-state index in [1.807, 2.05) is 0 Å². The SMILES string of the molecule is CCCN1CCC(CN=C(NCC)NCCOC)C1.I. The lowest BCUT2D eigenvalue weighted by atomic mass is 10.1. The van der Waals surface area contributed by atoms with E-state index in [-0.39, 0.29) is 24.0 Å². The number of aliphatic imine (C=N–C) groups is 1. The van der Waals surface area contributed by atoms with Gasteiger partial charge in [0.25, 0.3) is 0 Å². The van der Waals surface area contributed by atoms with Crippen LogP contribution >= 0.6 is 24.0 Å². The topological polar surface area (TPSA) is 48.9 Å². The van der Waals surface area contributed by atoms with Crippen LogP contribution in [-0.2, 0) is 4.74 Å². The van der Waals surface area contributed by atoms with Crippen LogP contribution in [0.3, 0.4) is 0 Å². The summed E-state index contributed by atoms with van der Waals surface area (Å²) in [6, 6.07) is 0. The third kappa shape index (κ3) is 8.26. The van der Waals surface area contributed by atoms with E-state index in [9.17, 15) is 0 Å². The fourth-order valence-electron chi connectivity index (χ4n) is 2.41. The molecule has 0 radical (unpaired) electrons. The second-order valence-corrected chi connectivity index (χ2v) is 5.09. The second kappa shape index (κ2) is 12.6. The van der Waals surface area contributed by atoms with Gasteiger partial charge >= 0.3 is 0 Å². The molecule has 1 fully saturated rings. The van der Waals surface area contributed by atoms with Gasteiger partial charge in [0, 0.05) is 33.3 Å². The maximum Gasteiger partial charge on any atom is 0.191 e. The van der Waals surface area contributed by atoms with Gasteiger partial charge in [-0.1, -0.05) is 6.92 Å². The fourth-order valence-corrected chi connectivity index (χ4v) is 2.41. The van der Waals surface area contributed by atoms with Gasteiger partial charge in [0.15, 0.2) is 5.96 Å². The van der Waals surface area contributed by atoms with Gasteiger partial charge in [-0.15, -0.1) is 24.0 Å². The van der Waals surface area contributed by atoms with Crippen molar-refractivity contribution in [1.29, 1.82) is 0 Å². The molecule has 0 aromatic carbocycles. The van der Waals surface area contributed by atoms with Crippen LogP contribution < -0.4 is 10.6 Å². The highest BCUT2D eigenvalue weighted by molar-refractivity contribution is 14.0. The maximum atomic E-state index is 5.04. The first-order valence-electron chi connectivity index (χ1n) is 7.53. The summed E-state index contributed by atoms with van der Waals surface area (Å²) in [5, 5.41) is 6.55. The first-order chi connectivity index (χ1) is 9.30. The Kier molecular flexibility index (Phi) is 12.6. The minimum absolute atomic E-state index is 0. The van der Waals surface area contributed by atoms with E-state index in [0.29, 0.717) is 12.5 Å². The Balaban J connectivity index is 0.00000361. The zero-order valence-electron chi connectivity index (χ0n) is 13.2. The number of likely N-dealkylation sites (tertiary alicyclic amines) is 1. The van der Waals surface area contributed by atoms with Crippen molar-refractivity contribution in [3.8, 4) is 0 Å². The van der Waals surface area contributed by atoms with E-state index in [2.05, 4.69) is 34.4 Å². The lowest BCUT2D eigenvalue weighted by molar-refractivity contribution is 0.203. The Hall–Kier alpha value is -0.0800. The quantitative estimate of drug-likeness (QED) is 0.282. The summed E-state index contributed by atoms with van der Waals surface area (Å²) < 4.78 is 5.04. The summed E-state index contributed by atoms with van der Waals surface area (Å²) in [6.45, 7) is 11.3. The van der Waals surface area contributed by atoms with Crippen molar-refractivity contribution in [2.24, 2.45) is 10.9 Å². The lowest BCUT2D eigenvalue weighted by Crippen LogP contribution is -2.39. The van der Waals surface area contributed by atoms with Gasteiger partial charge < -0.3 is 20.3 Å². The van der Waals surface area contributed by atoms with E-state index in [0.717, 1.165) is 25.6 Å². The molecule has 0 saturated carbocycles. The number of hydrogen-bond acceptors (Lipinski definition) is 3. The van der Waals surface area contributed by atoms with Crippen molar-refractivity contribution in [3.63, 3.8) is 0 Å². The Bertz CT molecular complexity index is 264. The summed E-state index contributed by atoms with van der Waals surface area (Å²) in [4.78, 5) is 7.22. The van der Waals surface area contributed by atoms with E-state index >= 15 is 0 Å². The number of ether oxygens (including phenoxy) is 1. The Morgan fingerprint density at radius 3 is 2.80 bits per heavy atom. The maximum absolute atomic E-state index is 5.04. The molecular weight excluding hydrogens is 367 g/mol. The molecular formula is C14H31IN4O. The highest BCUT2D eigenvalue weighted by Crippen LogP contribution is 2.16. The van der Waals surface area contributed by atoms with Gasteiger partial charge in [-0.2, -0.15) is 0 Å². The Morgan fingerprint density at radius 2 is 2.15 bits per heavy atom. The molecule has 0 amide bonds. The number of rotatable bonds is 8. The van der Waals surface area contributed by atoms with Crippen molar-refractivity contribution >= 4 is 29.9 Å². The summed E-state index contributed by atoms with van der Waals surface area (Å²) in [7, 11) is 1.71. The predicted octanol–water partition coefficient (Wildman–Crippen LogP) is 1.54. The molecule has 1 heterocycles. The Labute approximate surface area is 140 Å². The second-order valence-electron chi connectivity index (χ2n) is 5.09. The molecule has 6 heteroatoms. The third-order valence-corrected chi connectivity index (χ3v) is 3.36. The standard InChI is InChI=1S/C14H30N4O.HI/c1-4-8-18-9-6-13(12-18)11-17-14(15-5-2)16-7-10-19-3;/h13H,4-12H2,1-3H3,(H2,15,16,17);1H. The van der Waals surface area contributed by atoms with Crippen LogP contribution in [0.5, 0.6) is 0 Å². The molecule has 1 aliphatic rings. The van der Waals surface area contributed by atoms with Crippen LogP contribution in [0.25, 0.3) is 0 Å². The molecule has 20 heavy (non-hydrogen) atoms. The molecule has 0 bridgehead atoms. The van der Waals surface area contributed by atoms with Gasteiger partial charge in [0.2, 0.25) is 0 Å². The number of halogens is 1. The molecule has 1 saturated heterocycles. The molecule has 1 rings (SSSR count). The van der Waals surface area contributed by atoms with Gasteiger partial charge in [-0.05, 0) is 38.8 Å². The monoisotopic (exact) mass is 398 g/mol. The number of nitrogens with one attached hydrogen (secondary N) is 2. The highest BCUT2D eigenvalue weighted by Gasteiger charge is 2.21. The van der Waals surface area contributed by atoms with E-state index in [1.54, 1.807) is 7.11 Å². The van der Waals surface area contributed by atoms with Crippen molar-refractivity contribution in [3.05, 3.63) is 0 Å². The third-order valence-electron chi connectivity index (χ3n) is 3.36. The van der Waals surface area contributed by atoms with Crippen LogP contribution in [0.4, 0.5) is 0 Å². The van der Waals surface area contributed by atoms with Crippen LogP contribution in [0, 0.1) is 5.92 Å². The summed E-state index contributed by atoms with van der Waals surface area (Å²) in [6.07, 6.45) is 2.53. The zero-order chi connectivity index (χ0) is 13.9. The van der Waals surface area contributed by atoms with Crippen molar-refractivity contribution < 1.29 is 4.74 Å². The van der Waals surface area contributed by atoms with E-state index in [4.69, 9.17) is 4.74 Å². The van der Waals surface area contributed by atoms with Gasteiger partial charge in [0.1, 0.15) is 0 Å². The molecule has 1 aliphatic heterocycles. The van der Waals surface area contributed by atoms with Crippen molar-refractivity contribution in [2.45, 2.75) is 26.7 Å². The molecule has 0 aliphatic carbocycles. The molecule has 0 aromatic rings. The van der Waals surface area contributed by atoms with Crippen LogP contribution in [0.1, 0.15) is 26.7 Å². The largest absolute Gasteiger partial charge is 0.383 e. The zero-order valence-corrected chi connectivity index (χ0v) is 15.5. The highest BCUT2D eigenvalue weighted by atomic mass is 127. The molecule has 1 atom stereocenters. The smallest absolute Gasteiger partial charge is 0.191 e. The van der Waals surface area contributed by atoms with Crippen molar-refractivity contribution in [2.75, 3.05) is 53.0 Å². The minimum atomic E-state index is 0. The van der Waals surface area contributed by atoms with Gasteiger partial charge in [0.05, 0.1) is 6.61 Å². The summed E-state index contributed by atoms with van der Waals surface area (Å²) in [5.41, 5.74) is 0. The normalized spacial score (nSPS) is 19.8. The Morgan fingerprint density at radius 1 is 1.35 bits per heavy atom. The van der Waals surface area contributed by atoms with Crippen LogP contribution in [-0.4, -0.2) is 63.8 Å². The molecule has 1 unspecified atom stereocenters. The average molecular weight is 398 g/mol. The molecule has 2 N–H and O–H groups in total. The fraction of sp³-hybridized carbons (Fsp3) is 0.929. The number of guanidine groups is 1. The number of hydrogen-bond donors (Lipinski definition) is 2. The minimum Gasteiger partial charge on any atom is -0.383 e. The molecule has 120 valence electrons. The summed E-state index contributed by atoms with van der Waals surface area (Å²) in [5.74, 6) is 1.62. The average Bonchev–Trinajstić information content (AvgIpc) is 2.84. The number of nitrogens with zero attached hydrogens (tertiary/aromatic N) is 2. The first kappa shape index (κ1) is 19.9. The van der Waals surface area contributed by atoms with Crippen molar-refractivity contribution in [1.82, 2.24) is 15.5 Å². The van der Waals surface area contributed by atoms with Crippen LogP contribution in [0.15, 0.2) is 4.99 Å². The predicted molar refractivity (Wildman–Crippen MR) is 96.1 cm³/mol. The molecule has 0 aromatic heterocycles. The lowest BCUT2D eigenvalue weighted by Gasteiger charge is -2.14. The van der Waals surface area contributed by atoms with Gasteiger partial charge in [-0.25, -0.2) is 0 Å².